The quantitative estimate of drug-likeness (QED) is 0.607. The number of nitrogens with one attached hydrogen (secondary N) is 1. The van der Waals surface area contributed by atoms with Gasteiger partial charge in [-0.25, -0.2) is 0 Å². The molecule has 1 atom stereocenters. The van der Waals surface area contributed by atoms with Crippen molar-refractivity contribution in [3.63, 3.8) is 0 Å². The van der Waals surface area contributed by atoms with E-state index in [-0.39, 0.29) is 11.8 Å². The predicted octanol–water partition coefficient (Wildman–Crippen LogP) is 1.66. The number of Topliss-reactive ketones (excluding diaryl/α,β-unsaturated/α-hetero) is 1. The minimum absolute atomic E-state index is 0.0550. The zero-order valence-electron chi connectivity index (χ0n) is 12.0. The molecule has 110 valence electrons. The molecule has 0 fully saturated rings. The Morgan fingerprint density at radius 3 is 2.85 bits per heavy atom. The molecule has 1 aromatic rings. The lowest BCUT2D eigenvalue weighted by molar-refractivity contribution is 0.0947. The van der Waals surface area contributed by atoms with Crippen molar-refractivity contribution in [3.8, 4) is 11.5 Å². The summed E-state index contributed by atoms with van der Waals surface area (Å²) in [6.45, 7) is 4.39. The molecule has 5 nitrogen and oxygen atoms in total. The molecule has 0 saturated carbocycles. The van der Waals surface area contributed by atoms with Gasteiger partial charge in [0, 0.05) is 19.3 Å². The van der Waals surface area contributed by atoms with Gasteiger partial charge in [0.05, 0.1) is 6.04 Å². The first-order chi connectivity index (χ1) is 9.72. The molecule has 0 spiro atoms. The first kappa shape index (κ1) is 14.8. The normalized spacial score (nSPS) is 14.9. The Morgan fingerprint density at radius 2 is 2.10 bits per heavy atom. The maximum absolute atomic E-state index is 12.3. The fourth-order valence-electron chi connectivity index (χ4n) is 2.07. The van der Waals surface area contributed by atoms with E-state index in [9.17, 15) is 4.79 Å². The standard InChI is InChI=1S/C15H21NO4/c1-11(16-6-3-7-18-2)15(17)12-4-5-13-14(10-12)20-9-8-19-13/h4-5,10-11,16H,3,6-9H2,1-2H3. The largest absolute Gasteiger partial charge is 0.486 e. The van der Waals surface area contributed by atoms with Crippen molar-refractivity contribution in [2.24, 2.45) is 0 Å². The molecular formula is C15H21NO4. The fourth-order valence-corrected chi connectivity index (χ4v) is 2.07. The minimum Gasteiger partial charge on any atom is -0.486 e. The molecule has 0 aromatic heterocycles. The lowest BCUT2D eigenvalue weighted by Crippen LogP contribution is -2.35. The first-order valence-electron chi connectivity index (χ1n) is 6.88. The summed E-state index contributed by atoms with van der Waals surface area (Å²) in [5, 5.41) is 3.19. The summed E-state index contributed by atoms with van der Waals surface area (Å²) in [4.78, 5) is 12.3. The number of fused-ring (bicyclic) bond motifs is 1. The fraction of sp³-hybridized carbons (Fsp3) is 0.533. The van der Waals surface area contributed by atoms with Crippen LogP contribution in [0.25, 0.3) is 0 Å². The number of carbonyl (C=O) groups is 1. The average molecular weight is 279 g/mol. The lowest BCUT2D eigenvalue weighted by atomic mass is 10.0. The number of hydrogen-bond acceptors (Lipinski definition) is 5. The third kappa shape index (κ3) is 3.71. The van der Waals surface area contributed by atoms with Gasteiger partial charge >= 0.3 is 0 Å². The maximum atomic E-state index is 12.3. The van der Waals surface area contributed by atoms with E-state index in [1.807, 2.05) is 6.92 Å². The Hall–Kier alpha value is -1.59. The average Bonchev–Trinajstić information content (AvgIpc) is 2.50. The zero-order chi connectivity index (χ0) is 14.4. The molecule has 1 unspecified atom stereocenters. The Bertz CT molecular complexity index is 461. The smallest absolute Gasteiger partial charge is 0.179 e. The second-order valence-corrected chi connectivity index (χ2v) is 4.74. The number of carbonyl (C=O) groups excluding carboxylic acids is 1. The van der Waals surface area contributed by atoms with E-state index >= 15 is 0 Å². The maximum Gasteiger partial charge on any atom is 0.179 e. The lowest BCUT2D eigenvalue weighted by Gasteiger charge is -2.19. The van der Waals surface area contributed by atoms with Crippen LogP contribution >= 0.6 is 0 Å². The highest BCUT2D eigenvalue weighted by atomic mass is 16.6. The molecule has 0 radical (unpaired) electrons. The molecule has 5 heteroatoms. The molecule has 0 saturated heterocycles. The van der Waals surface area contributed by atoms with Crippen molar-refractivity contribution in [1.29, 1.82) is 0 Å². The summed E-state index contributed by atoms with van der Waals surface area (Å²) in [5.41, 5.74) is 0.640. The highest BCUT2D eigenvalue weighted by Crippen LogP contribution is 2.31. The van der Waals surface area contributed by atoms with Gasteiger partial charge in [-0.05, 0) is 38.1 Å². The van der Waals surface area contributed by atoms with Gasteiger partial charge in [-0.15, -0.1) is 0 Å². The molecule has 1 heterocycles. The van der Waals surface area contributed by atoms with Crippen molar-refractivity contribution >= 4 is 5.78 Å². The van der Waals surface area contributed by atoms with Crippen molar-refractivity contribution < 1.29 is 19.0 Å². The second kappa shape index (κ2) is 7.26. The van der Waals surface area contributed by atoms with E-state index in [0.29, 0.717) is 36.9 Å². The van der Waals surface area contributed by atoms with Gasteiger partial charge in [0.25, 0.3) is 0 Å². The van der Waals surface area contributed by atoms with Crippen molar-refractivity contribution in [2.75, 3.05) is 33.5 Å². The van der Waals surface area contributed by atoms with Gasteiger partial charge in [0.2, 0.25) is 0 Å². The Morgan fingerprint density at radius 1 is 1.35 bits per heavy atom. The van der Waals surface area contributed by atoms with Crippen LogP contribution in [0.4, 0.5) is 0 Å². The van der Waals surface area contributed by atoms with Crippen LogP contribution in [0.3, 0.4) is 0 Å². The number of methoxy groups -OCH3 is 1. The summed E-state index contributed by atoms with van der Waals surface area (Å²) in [7, 11) is 1.67. The van der Waals surface area contributed by atoms with Gasteiger partial charge in [-0.3, -0.25) is 4.79 Å². The van der Waals surface area contributed by atoms with Crippen molar-refractivity contribution in [2.45, 2.75) is 19.4 Å². The molecule has 1 aliphatic heterocycles. The third-order valence-corrected chi connectivity index (χ3v) is 3.20. The number of ketones is 1. The molecular weight excluding hydrogens is 258 g/mol. The Labute approximate surface area is 119 Å². The summed E-state index contributed by atoms with van der Waals surface area (Å²) in [6.07, 6.45) is 0.884. The summed E-state index contributed by atoms with van der Waals surface area (Å²) < 4.78 is 15.9. The number of benzene rings is 1. The Balaban J connectivity index is 1.94. The zero-order valence-corrected chi connectivity index (χ0v) is 12.0. The van der Waals surface area contributed by atoms with Gasteiger partial charge in [0.15, 0.2) is 17.3 Å². The summed E-state index contributed by atoms with van der Waals surface area (Å²) in [6, 6.07) is 5.10. The summed E-state index contributed by atoms with van der Waals surface area (Å²) >= 11 is 0. The molecule has 0 bridgehead atoms. The number of hydrogen-bond donors (Lipinski definition) is 1. The molecule has 0 aliphatic carbocycles. The van der Waals surface area contributed by atoms with Gasteiger partial charge in [-0.1, -0.05) is 0 Å². The van der Waals surface area contributed by atoms with Crippen LogP contribution in [-0.2, 0) is 4.74 Å². The van der Waals surface area contributed by atoms with E-state index in [1.54, 1.807) is 25.3 Å². The van der Waals surface area contributed by atoms with E-state index in [2.05, 4.69) is 5.32 Å². The topological polar surface area (TPSA) is 56.8 Å². The molecule has 20 heavy (non-hydrogen) atoms. The first-order valence-corrected chi connectivity index (χ1v) is 6.88. The van der Waals surface area contributed by atoms with E-state index < -0.39 is 0 Å². The highest BCUT2D eigenvalue weighted by Gasteiger charge is 2.18. The summed E-state index contributed by atoms with van der Waals surface area (Å²) in [5.74, 6) is 1.40. The monoisotopic (exact) mass is 279 g/mol. The van der Waals surface area contributed by atoms with E-state index in [0.717, 1.165) is 13.0 Å². The van der Waals surface area contributed by atoms with Crippen LogP contribution in [0.2, 0.25) is 0 Å². The van der Waals surface area contributed by atoms with Gasteiger partial charge in [-0.2, -0.15) is 0 Å². The van der Waals surface area contributed by atoms with Crippen LogP contribution in [0.5, 0.6) is 11.5 Å². The van der Waals surface area contributed by atoms with Gasteiger partial charge in [0.1, 0.15) is 13.2 Å². The predicted molar refractivity (Wildman–Crippen MR) is 75.7 cm³/mol. The van der Waals surface area contributed by atoms with E-state index in [4.69, 9.17) is 14.2 Å². The highest BCUT2D eigenvalue weighted by molar-refractivity contribution is 6.00. The molecule has 1 N–H and O–H groups in total. The minimum atomic E-state index is -0.227. The molecule has 1 aliphatic rings. The van der Waals surface area contributed by atoms with Crippen LogP contribution in [-0.4, -0.2) is 45.3 Å². The third-order valence-electron chi connectivity index (χ3n) is 3.20. The van der Waals surface area contributed by atoms with Crippen LogP contribution in [0, 0.1) is 0 Å². The number of ether oxygens (including phenoxy) is 3. The van der Waals surface area contributed by atoms with E-state index in [1.165, 1.54) is 0 Å². The second-order valence-electron chi connectivity index (χ2n) is 4.74. The number of rotatable bonds is 7. The molecule has 2 rings (SSSR count). The van der Waals surface area contributed by atoms with Crippen molar-refractivity contribution in [3.05, 3.63) is 23.8 Å². The van der Waals surface area contributed by atoms with Crippen LogP contribution in [0.1, 0.15) is 23.7 Å². The van der Waals surface area contributed by atoms with Crippen LogP contribution in [0.15, 0.2) is 18.2 Å². The SMILES string of the molecule is COCCCNC(C)C(=O)c1ccc2c(c1)OCCO2. The van der Waals surface area contributed by atoms with Crippen molar-refractivity contribution in [1.82, 2.24) is 5.32 Å². The van der Waals surface area contributed by atoms with Gasteiger partial charge < -0.3 is 19.5 Å². The molecule has 0 amide bonds. The Kier molecular flexibility index (Phi) is 5.38. The molecule has 1 aromatic carbocycles. The van der Waals surface area contributed by atoms with Crippen LogP contribution < -0.4 is 14.8 Å².